The molecule has 0 heterocycles. The van der Waals surface area contributed by atoms with Gasteiger partial charge in [0.25, 0.3) is 0 Å². The maximum absolute atomic E-state index is 11.9. The van der Waals surface area contributed by atoms with Gasteiger partial charge in [0.15, 0.2) is 0 Å². The molecule has 1 aromatic rings. The molecule has 0 N–H and O–H groups in total. The van der Waals surface area contributed by atoms with E-state index in [0.29, 0.717) is 6.42 Å². The lowest BCUT2D eigenvalue weighted by molar-refractivity contribution is -0.148. The molecule has 0 aliphatic heterocycles. The number of ketones is 1. The van der Waals surface area contributed by atoms with E-state index in [9.17, 15) is 9.59 Å². The molecule has 0 saturated heterocycles. The van der Waals surface area contributed by atoms with Gasteiger partial charge in [-0.2, -0.15) is 0 Å². The summed E-state index contributed by atoms with van der Waals surface area (Å²) in [5, 5.41) is 0. The average Bonchev–Trinajstić information content (AvgIpc) is 2.93. The van der Waals surface area contributed by atoms with Crippen molar-refractivity contribution in [1.29, 1.82) is 0 Å². The maximum atomic E-state index is 11.9. The first-order chi connectivity index (χ1) is 10.7. The van der Waals surface area contributed by atoms with E-state index in [2.05, 4.69) is 31.2 Å². The standard InChI is InChI=1S/C19H26O3/c1-3-4-5-6-7-14-8-10-15(11-9-14)16-12-13-17(20)18(16)19(21)22-2/h8-11,16,18H,3-7,12-13H2,1-2H3/t16-,18-/m1/s1. The van der Waals surface area contributed by atoms with Crippen LogP contribution < -0.4 is 0 Å². The van der Waals surface area contributed by atoms with Crippen molar-refractivity contribution in [3.63, 3.8) is 0 Å². The molecule has 2 atom stereocenters. The second-order valence-electron chi connectivity index (χ2n) is 6.16. The van der Waals surface area contributed by atoms with Crippen molar-refractivity contribution in [1.82, 2.24) is 0 Å². The first-order valence-electron chi connectivity index (χ1n) is 8.36. The fraction of sp³-hybridized carbons (Fsp3) is 0.579. The fourth-order valence-electron chi connectivity index (χ4n) is 3.31. The quantitative estimate of drug-likeness (QED) is 0.433. The molecule has 0 aromatic heterocycles. The smallest absolute Gasteiger partial charge is 0.316 e. The van der Waals surface area contributed by atoms with Crippen molar-refractivity contribution in [3.8, 4) is 0 Å². The predicted molar refractivity (Wildman–Crippen MR) is 86.8 cm³/mol. The minimum atomic E-state index is -0.611. The summed E-state index contributed by atoms with van der Waals surface area (Å²) in [4.78, 5) is 23.8. The Bertz CT molecular complexity index is 504. The zero-order valence-corrected chi connectivity index (χ0v) is 13.6. The molecular formula is C19H26O3. The molecule has 0 radical (unpaired) electrons. The van der Waals surface area contributed by atoms with Crippen LogP contribution in [0.5, 0.6) is 0 Å². The Morgan fingerprint density at radius 1 is 1.18 bits per heavy atom. The molecule has 3 heteroatoms. The molecule has 22 heavy (non-hydrogen) atoms. The van der Waals surface area contributed by atoms with Crippen LogP contribution in [0.1, 0.15) is 62.5 Å². The lowest BCUT2D eigenvalue weighted by Crippen LogP contribution is -2.25. The largest absolute Gasteiger partial charge is 0.468 e. The predicted octanol–water partition coefficient (Wildman–Crippen LogP) is 4.05. The number of hydrogen-bond donors (Lipinski definition) is 0. The Kier molecular flexibility index (Phi) is 6.17. The molecule has 1 aromatic carbocycles. The number of benzene rings is 1. The van der Waals surface area contributed by atoms with Gasteiger partial charge in [0.05, 0.1) is 7.11 Å². The molecule has 1 fully saturated rings. The van der Waals surface area contributed by atoms with E-state index in [0.717, 1.165) is 18.4 Å². The molecule has 1 aliphatic rings. The molecule has 1 aliphatic carbocycles. The number of carbonyl (C=O) groups excluding carboxylic acids is 2. The summed E-state index contributed by atoms with van der Waals surface area (Å²) in [5.74, 6) is -1.01. The van der Waals surface area contributed by atoms with Crippen LogP contribution in [0.2, 0.25) is 0 Å². The third-order valence-electron chi connectivity index (χ3n) is 4.63. The summed E-state index contributed by atoms with van der Waals surface area (Å²) in [6.45, 7) is 2.22. The number of hydrogen-bond acceptors (Lipinski definition) is 3. The third kappa shape index (κ3) is 3.96. The van der Waals surface area contributed by atoms with Gasteiger partial charge < -0.3 is 4.74 Å². The highest BCUT2D eigenvalue weighted by molar-refractivity contribution is 6.01. The Labute approximate surface area is 133 Å². The third-order valence-corrected chi connectivity index (χ3v) is 4.63. The van der Waals surface area contributed by atoms with Crippen LogP contribution >= 0.6 is 0 Å². The van der Waals surface area contributed by atoms with Crippen LogP contribution in [0.15, 0.2) is 24.3 Å². The maximum Gasteiger partial charge on any atom is 0.316 e. The summed E-state index contributed by atoms with van der Waals surface area (Å²) < 4.78 is 4.80. The number of Topliss-reactive ketones (excluding diaryl/α,β-unsaturated/α-hetero) is 1. The molecule has 120 valence electrons. The van der Waals surface area contributed by atoms with Gasteiger partial charge in [-0.1, -0.05) is 50.5 Å². The van der Waals surface area contributed by atoms with E-state index >= 15 is 0 Å². The molecular weight excluding hydrogens is 276 g/mol. The van der Waals surface area contributed by atoms with Gasteiger partial charge in [0, 0.05) is 12.3 Å². The lowest BCUT2D eigenvalue weighted by Gasteiger charge is -2.17. The second-order valence-corrected chi connectivity index (χ2v) is 6.16. The summed E-state index contributed by atoms with van der Waals surface area (Å²) in [5.41, 5.74) is 2.41. The molecule has 0 amide bonds. The zero-order valence-electron chi connectivity index (χ0n) is 13.6. The number of esters is 1. The van der Waals surface area contributed by atoms with Crippen LogP contribution in [0.25, 0.3) is 0 Å². The first kappa shape index (κ1) is 16.7. The zero-order chi connectivity index (χ0) is 15.9. The van der Waals surface area contributed by atoms with E-state index in [-0.39, 0.29) is 11.7 Å². The number of methoxy groups -OCH3 is 1. The second kappa shape index (κ2) is 8.11. The van der Waals surface area contributed by atoms with Crippen molar-refractivity contribution in [2.45, 2.75) is 57.8 Å². The monoisotopic (exact) mass is 302 g/mol. The number of ether oxygens (including phenoxy) is 1. The average molecular weight is 302 g/mol. The number of unbranched alkanes of at least 4 members (excludes halogenated alkanes) is 3. The SMILES string of the molecule is CCCCCCc1ccc([C@H]2CCC(=O)[C@@H]2C(=O)OC)cc1. The van der Waals surface area contributed by atoms with Crippen LogP contribution in [0.4, 0.5) is 0 Å². The number of carbonyl (C=O) groups is 2. The van der Waals surface area contributed by atoms with Gasteiger partial charge in [-0.15, -0.1) is 0 Å². The van der Waals surface area contributed by atoms with Gasteiger partial charge in [-0.05, 0) is 30.4 Å². The summed E-state index contributed by atoms with van der Waals surface area (Å²) in [7, 11) is 1.35. The lowest BCUT2D eigenvalue weighted by atomic mass is 9.88. The number of rotatable bonds is 7. The summed E-state index contributed by atoms with van der Waals surface area (Å²) in [6, 6.07) is 8.43. The van der Waals surface area contributed by atoms with Crippen LogP contribution in [0, 0.1) is 5.92 Å². The van der Waals surface area contributed by atoms with Crippen molar-refractivity contribution in [2.75, 3.05) is 7.11 Å². The van der Waals surface area contributed by atoms with Crippen molar-refractivity contribution < 1.29 is 14.3 Å². The first-order valence-corrected chi connectivity index (χ1v) is 8.36. The fourth-order valence-corrected chi connectivity index (χ4v) is 3.31. The Morgan fingerprint density at radius 3 is 2.55 bits per heavy atom. The Hall–Kier alpha value is -1.64. The number of aryl methyl sites for hydroxylation is 1. The van der Waals surface area contributed by atoms with E-state index in [1.807, 2.05) is 0 Å². The highest BCUT2D eigenvalue weighted by atomic mass is 16.5. The Balaban J connectivity index is 2.00. The summed E-state index contributed by atoms with van der Waals surface area (Å²) in [6.07, 6.45) is 7.37. The van der Waals surface area contributed by atoms with Crippen LogP contribution in [0.3, 0.4) is 0 Å². The van der Waals surface area contributed by atoms with Gasteiger partial charge in [0.2, 0.25) is 0 Å². The van der Waals surface area contributed by atoms with Crippen molar-refractivity contribution in [3.05, 3.63) is 35.4 Å². The summed E-state index contributed by atoms with van der Waals surface area (Å²) >= 11 is 0. The highest BCUT2D eigenvalue weighted by Crippen LogP contribution is 2.38. The van der Waals surface area contributed by atoms with E-state index in [4.69, 9.17) is 4.74 Å². The topological polar surface area (TPSA) is 43.4 Å². The van der Waals surface area contributed by atoms with Crippen LogP contribution in [-0.4, -0.2) is 18.9 Å². The molecule has 3 nitrogen and oxygen atoms in total. The van der Waals surface area contributed by atoms with Crippen molar-refractivity contribution >= 4 is 11.8 Å². The minimum absolute atomic E-state index is 0.0143. The van der Waals surface area contributed by atoms with E-state index < -0.39 is 11.9 Å². The normalized spacial score (nSPS) is 21.1. The highest BCUT2D eigenvalue weighted by Gasteiger charge is 2.41. The Morgan fingerprint density at radius 2 is 1.91 bits per heavy atom. The van der Waals surface area contributed by atoms with E-state index in [1.165, 1.54) is 38.4 Å². The molecule has 2 rings (SSSR count). The van der Waals surface area contributed by atoms with Gasteiger partial charge in [-0.3, -0.25) is 9.59 Å². The van der Waals surface area contributed by atoms with Gasteiger partial charge >= 0.3 is 5.97 Å². The molecule has 0 unspecified atom stereocenters. The van der Waals surface area contributed by atoms with E-state index in [1.54, 1.807) is 0 Å². The van der Waals surface area contributed by atoms with Gasteiger partial charge in [-0.25, -0.2) is 0 Å². The molecule has 1 saturated carbocycles. The molecule has 0 spiro atoms. The minimum Gasteiger partial charge on any atom is -0.468 e. The van der Waals surface area contributed by atoms with Crippen molar-refractivity contribution in [2.24, 2.45) is 5.92 Å². The van der Waals surface area contributed by atoms with Gasteiger partial charge in [0.1, 0.15) is 11.7 Å². The van der Waals surface area contributed by atoms with Crippen LogP contribution in [-0.2, 0) is 20.7 Å². The molecule has 0 bridgehead atoms.